The fraction of sp³-hybridized carbons (Fsp3) is 0.818. The van der Waals surface area contributed by atoms with Gasteiger partial charge in [-0.25, -0.2) is 4.98 Å². The first-order valence-electron chi connectivity index (χ1n) is 5.74. The Bertz CT molecular complexity index is 324. The van der Waals surface area contributed by atoms with Crippen LogP contribution in [0, 0.1) is 5.41 Å². The molecule has 5 heteroatoms. The van der Waals surface area contributed by atoms with Crippen LogP contribution in [-0.4, -0.2) is 27.7 Å². The summed E-state index contributed by atoms with van der Waals surface area (Å²) in [6.07, 6.45) is 5.56. The molecule has 0 bridgehead atoms. The van der Waals surface area contributed by atoms with E-state index < -0.39 is 0 Å². The van der Waals surface area contributed by atoms with Gasteiger partial charge in [-0.3, -0.25) is 0 Å². The largest absolute Gasteiger partial charge is 0.315 e. The molecule has 1 aromatic heterocycles. The third-order valence-electron chi connectivity index (χ3n) is 3.43. The van der Waals surface area contributed by atoms with Crippen LogP contribution in [0.1, 0.15) is 33.1 Å². The Morgan fingerprint density at radius 3 is 3.00 bits per heavy atom. The summed E-state index contributed by atoms with van der Waals surface area (Å²) in [7, 11) is 2.07. The number of nitrogens with one attached hydrogen (secondary N) is 1. The van der Waals surface area contributed by atoms with Gasteiger partial charge in [0.15, 0.2) is 4.34 Å². The summed E-state index contributed by atoms with van der Waals surface area (Å²) >= 11 is 3.39. The van der Waals surface area contributed by atoms with Crippen LogP contribution in [0.2, 0.25) is 0 Å². The molecule has 16 heavy (non-hydrogen) atoms. The second kappa shape index (κ2) is 5.02. The zero-order valence-electron chi connectivity index (χ0n) is 10.1. The van der Waals surface area contributed by atoms with Crippen LogP contribution >= 0.6 is 23.3 Å². The van der Waals surface area contributed by atoms with Crippen molar-refractivity contribution in [3.05, 3.63) is 6.33 Å². The molecule has 2 atom stereocenters. The van der Waals surface area contributed by atoms with Crippen LogP contribution in [0.5, 0.6) is 0 Å². The van der Waals surface area contributed by atoms with Crippen LogP contribution in [0.3, 0.4) is 0 Å². The standard InChI is InChI=1S/C11H19N3S2/c1-11(2)6-4-5-8(9(11)12-3)15-10-13-7-14-16-10/h7-9,12H,4-6H2,1-3H3. The predicted octanol–water partition coefficient (Wildman–Crippen LogP) is 2.80. The van der Waals surface area contributed by atoms with E-state index in [1.165, 1.54) is 30.8 Å². The normalized spacial score (nSPS) is 29.2. The van der Waals surface area contributed by atoms with Crippen molar-refractivity contribution in [3.63, 3.8) is 0 Å². The van der Waals surface area contributed by atoms with Crippen LogP contribution in [0.4, 0.5) is 0 Å². The van der Waals surface area contributed by atoms with Crippen molar-refractivity contribution in [2.75, 3.05) is 7.05 Å². The molecular formula is C11H19N3S2. The summed E-state index contributed by atoms with van der Waals surface area (Å²) in [5, 5.41) is 4.12. The Hall–Kier alpha value is -0.130. The fourth-order valence-electron chi connectivity index (χ4n) is 2.63. The van der Waals surface area contributed by atoms with Crippen molar-refractivity contribution in [2.24, 2.45) is 5.41 Å². The molecule has 1 saturated carbocycles. The van der Waals surface area contributed by atoms with Gasteiger partial charge in [0.2, 0.25) is 0 Å². The molecule has 1 aliphatic carbocycles. The highest BCUT2D eigenvalue weighted by atomic mass is 32.2. The zero-order chi connectivity index (χ0) is 11.6. The van der Waals surface area contributed by atoms with Gasteiger partial charge < -0.3 is 5.32 Å². The minimum absolute atomic E-state index is 0.384. The molecule has 1 aliphatic rings. The molecule has 0 radical (unpaired) electrons. The van der Waals surface area contributed by atoms with E-state index in [0.717, 1.165) is 4.34 Å². The Labute approximate surface area is 106 Å². The minimum Gasteiger partial charge on any atom is -0.315 e. The first-order chi connectivity index (χ1) is 7.63. The second-order valence-electron chi connectivity index (χ2n) is 5.01. The summed E-state index contributed by atoms with van der Waals surface area (Å²) in [4.78, 5) is 4.27. The van der Waals surface area contributed by atoms with Gasteiger partial charge in [-0.05, 0) is 36.8 Å². The zero-order valence-corrected chi connectivity index (χ0v) is 11.7. The second-order valence-corrected chi connectivity index (χ2v) is 7.28. The summed E-state index contributed by atoms with van der Waals surface area (Å²) in [5.41, 5.74) is 0.384. The molecule has 1 heterocycles. The molecule has 0 spiro atoms. The molecule has 0 aromatic carbocycles. The van der Waals surface area contributed by atoms with E-state index in [1.54, 1.807) is 6.33 Å². The van der Waals surface area contributed by atoms with Crippen molar-refractivity contribution < 1.29 is 0 Å². The van der Waals surface area contributed by atoms with Gasteiger partial charge in [0.05, 0.1) is 0 Å². The molecule has 0 saturated heterocycles. The summed E-state index contributed by atoms with van der Waals surface area (Å²) in [5.74, 6) is 0. The van der Waals surface area contributed by atoms with Gasteiger partial charge in [-0.1, -0.05) is 32.0 Å². The van der Waals surface area contributed by atoms with Crippen molar-refractivity contribution in [2.45, 2.75) is 48.7 Å². The maximum Gasteiger partial charge on any atom is 0.170 e. The average molecular weight is 257 g/mol. The molecule has 1 fully saturated rings. The Kier molecular flexibility index (Phi) is 3.87. The SMILES string of the molecule is CNC1C(Sc2ncns2)CCCC1(C)C. The monoisotopic (exact) mass is 257 g/mol. The van der Waals surface area contributed by atoms with E-state index >= 15 is 0 Å². The van der Waals surface area contributed by atoms with Crippen LogP contribution < -0.4 is 5.32 Å². The highest BCUT2D eigenvalue weighted by molar-refractivity contribution is 8.01. The molecule has 1 aromatic rings. The van der Waals surface area contributed by atoms with Crippen molar-refractivity contribution >= 4 is 23.3 Å². The molecule has 1 N–H and O–H groups in total. The van der Waals surface area contributed by atoms with Crippen LogP contribution in [0.15, 0.2) is 10.7 Å². The molecule has 0 amide bonds. The van der Waals surface area contributed by atoms with E-state index in [2.05, 4.69) is 35.6 Å². The Balaban J connectivity index is 2.07. The smallest absolute Gasteiger partial charge is 0.170 e. The Morgan fingerprint density at radius 2 is 2.38 bits per heavy atom. The van der Waals surface area contributed by atoms with E-state index in [9.17, 15) is 0 Å². The lowest BCUT2D eigenvalue weighted by molar-refractivity contribution is 0.182. The van der Waals surface area contributed by atoms with Gasteiger partial charge in [0.25, 0.3) is 0 Å². The van der Waals surface area contributed by atoms with Crippen molar-refractivity contribution in [3.8, 4) is 0 Å². The average Bonchev–Trinajstić information content (AvgIpc) is 2.69. The molecule has 0 aliphatic heterocycles. The lowest BCUT2D eigenvalue weighted by atomic mass is 9.73. The minimum atomic E-state index is 0.384. The quantitative estimate of drug-likeness (QED) is 0.903. The fourth-order valence-corrected chi connectivity index (χ4v) is 4.88. The van der Waals surface area contributed by atoms with E-state index in [0.29, 0.717) is 16.7 Å². The van der Waals surface area contributed by atoms with Crippen LogP contribution in [-0.2, 0) is 0 Å². The van der Waals surface area contributed by atoms with Gasteiger partial charge in [-0.2, -0.15) is 4.37 Å². The van der Waals surface area contributed by atoms with E-state index in [-0.39, 0.29) is 0 Å². The summed E-state index contributed by atoms with van der Waals surface area (Å²) in [6.45, 7) is 4.72. The van der Waals surface area contributed by atoms with Crippen LogP contribution in [0.25, 0.3) is 0 Å². The molecule has 3 nitrogen and oxygen atoms in total. The number of nitrogens with zero attached hydrogens (tertiary/aromatic N) is 2. The summed E-state index contributed by atoms with van der Waals surface area (Å²) in [6, 6.07) is 0.565. The summed E-state index contributed by atoms with van der Waals surface area (Å²) < 4.78 is 5.16. The lowest BCUT2D eigenvalue weighted by Gasteiger charge is -2.43. The van der Waals surface area contributed by atoms with Gasteiger partial charge in [0, 0.05) is 11.3 Å². The van der Waals surface area contributed by atoms with Gasteiger partial charge >= 0.3 is 0 Å². The molecule has 2 unspecified atom stereocenters. The number of rotatable bonds is 3. The highest BCUT2D eigenvalue weighted by Gasteiger charge is 2.38. The predicted molar refractivity (Wildman–Crippen MR) is 70.0 cm³/mol. The third kappa shape index (κ3) is 2.57. The molecule has 90 valence electrons. The highest BCUT2D eigenvalue weighted by Crippen LogP contribution is 2.42. The van der Waals surface area contributed by atoms with Crippen molar-refractivity contribution in [1.82, 2.24) is 14.7 Å². The number of thioether (sulfide) groups is 1. The first-order valence-corrected chi connectivity index (χ1v) is 7.39. The van der Waals surface area contributed by atoms with Crippen molar-refractivity contribution in [1.29, 1.82) is 0 Å². The van der Waals surface area contributed by atoms with E-state index in [1.807, 2.05) is 11.8 Å². The maximum absolute atomic E-state index is 4.27. The first kappa shape index (κ1) is 12.3. The molecule has 2 rings (SSSR count). The number of aromatic nitrogens is 2. The number of hydrogen-bond acceptors (Lipinski definition) is 5. The third-order valence-corrected chi connectivity index (χ3v) is 5.52. The topological polar surface area (TPSA) is 37.8 Å². The van der Waals surface area contributed by atoms with E-state index in [4.69, 9.17) is 0 Å². The van der Waals surface area contributed by atoms with Gasteiger partial charge in [0.1, 0.15) is 6.33 Å². The van der Waals surface area contributed by atoms with Gasteiger partial charge in [-0.15, -0.1) is 0 Å². The molecular weight excluding hydrogens is 238 g/mol. The number of hydrogen-bond donors (Lipinski definition) is 1. The maximum atomic E-state index is 4.27. The lowest BCUT2D eigenvalue weighted by Crippen LogP contribution is -2.49. The Morgan fingerprint density at radius 1 is 1.56 bits per heavy atom.